The molecule has 0 unspecified atom stereocenters. The van der Waals surface area contributed by atoms with E-state index in [1.54, 1.807) is 24.8 Å². The van der Waals surface area contributed by atoms with Gasteiger partial charge in [0.25, 0.3) is 5.91 Å². The Labute approximate surface area is 168 Å². The molecule has 0 aliphatic carbocycles. The van der Waals surface area contributed by atoms with Gasteiger partial charge in [-0.25, -0.2) is 4.98 Å². The summed E-state index contributed by atoms with van der Waals surface area (Å²) in [6.07, 6.45) is 0. The number of rotatable bonds is 10. The number of thiazole rings is 1. The first-order valence-corrected chi connectivity index (χ1v) is 9.78. The number of para-hydroxylation sites is 1. The molecule has 1 aromatic heterocycles. The first kappa shape index (κ1) is 19.9. The molecule has 0 saturated heterocycles. The van der Waals surface area contributed by atoms with E-state index in [1.165, 1.54) is 11.3 Å². The molecule has 0 spiro atoms. The van der Waals surface area contributed by atoms with Crippen LogP contribution in [-0.4, -0.2) is 31.2 Å². The molecule has 0 saturated carbocycles. The minimum absolute atomic E-state index is 0.195. The van der Waals surface area contributed by atoms with Crippen molar-refractivity contribution in [3.63, 3.8) is 0 Å². The lowest BCUT2D eigenvalue weighted by Crippen LogP contribution is -2.23. The largest absolute Gasteiger partial charge is 0.491 e. The Morgan fingerprint density at radius 3 is 2.82 bits per heavy atom. The van der Waals surface area contributed by atoms with Crippen molar-refractivity contribution in [1.29, 1.82) is 0 Å². The van der Waals surface area contributed by atoms with Crippen LogP contribution in [-0.2, 0) is 17.9 Å². The van der Waals surface area contributed by atoms with Crippen molar-refractivity contribution in [3.05, 3.63) is 76.2 Å². The van der Waals surface area contributed by atoms with Gasteiger partial charge in [0.2, 0.25) is 0 Å². The van der Waals surface area contributed by atoms with E-state index in [0.717, 1.165) is 17.0 Å². The van der Waals surface area contributed by atoms with Crippen LogP contribution >= 0.6 is 11.3 Å². The summed E-state index contributed by atoms with van der Waals surface area (Å²) < 4.78 is 16.4. The van der Waals surface area contributed by atoms with Crippen molar-refractivity contribution >= 4 is 17.2 Å². The second-order valence-electron chi connectivity index (χ2n) is 5.94. The maximum absolute atomic E-state index is 12.6. The van der Waals surface area contributed by atoms with Gasteiger partial charge in [0.15, 0.2) is 0 Å². The fourth-order valence-electron chi connectivity index (χ4n) is 2.51. The summed E-state index contributed by atoms with van der Waals surface area (Å²) in [5, 5.41) is 4.85. The maximum atomic E-state index is 12.6. The molecule has 0 bridgehead atoms. The van der Waals surface area contributed by atoms with E-state index in [4.69, 9.17) is 14.2 Å². The third-order valence-electron chi connectivity index (χ3n) is 3.90. The summed E-state index contributed by atoms with van der Waals surface area (Å²) in [5.41, 5.74) is 4.03. The monoisotopic (exact) mass is 398 g/mol. The van der Waals surface area contributed by atoms with Crippen LogP contribution in [0.4, 0.5) is 0 Å². The average molecular weight is 398 g/mol. The Bertz CT molecular complexity index is 884. The van der Waals surface area contributed by atoms with Crippen LogP contribution in [0.2, 0.25) is 0 Å². The summed E-state index contributed by atoms with van der Waals surface area (Å²) in [6.45, 7) is 1.73. The first-order valence-electron chi connectivity index (χ1n) is 8.84. The van der Waals surface area contributed by atoms with Crippen molar-refractivity contribution in [2.24, 2.45) is 0 Å². The van der Waals surface area contributed by atoms with Crippen LogP contribution < -0.4 is 14.8 Å². The summed E-state index contributed by atoms with van der Waals surface area (Å²) in [6, 6.07) is 14.8. The number of benzene rings is 2. The highest BCUT2D eigenvalue weighted by Crippen LogP contribution is 2.20. The molecular formula is C21H22N2O4S. The Balaban J connectivity index is 1.58. The van der Waals surface area contributed by atoms with E-state index in [1.807, 2.05) is 41.8 Å². The zero-order chi connectivity index (χ0) is 19.6. The van der Waals surface area contributed by atoms with Crippen LogP contribution in [0, 0.1) is 0 Å². The Morgan fingerprint density at radius 2 is 2.00 bits per heavy atom. The molecule has 7 heteroatoms. The van der Waals surface area contributed by atoms with E-state index in [2.05, 4.69) is 10.3 Å². The van der Waals surface area contributed by atoms with Gasteiger partial charge in [-0.15, -0.1) is 11.3 Å². The normalized spacial score (nSPS) is 10.5. The van der Waals surface area contributed by atoms with Crippen molar-refractivity contribution in [3.8, 4) is 11.5 Å². The lowest BCUT2D eigenvalue weighted by Gasteiger charge is -2.12. The molecular weight excluding hydrogens is 376 g/mol. The Kier molecular flexibility index (Phi) is 7.40. The minimum atomic E-state index is -0.195. The lowest BCUT2D eigenvalue weighted by molar-refractivity contribution is 0.0946. The molecule has 3 rings (SSSR count). The molecule has 1 amide bonds. The lowest BCUT2D eigenvalue weighted by atomic mass is 10.1. The number of nitrogens with one attached hydrogen (secondary N) is 1. The summed E-state index contributed by atoms with van der Waals surface area (Å²) in [5.74, 6) is 1.08. The molecule has 0 radical (unpaired) electrons. The molecule has 0 atom stereocenters. The quantitative estimate of drug-likeness (QED) is 0.528. The molecule has 6 nitrogen and oxygen atoms in total. The van der Waals surface area contributed by atoms with E-state index in [9.17, 15) is 4.79 Å². The number of carbonyl (C=O) groups is 1. The van der Waals surface area contributed by atoms with Gasteiger partial charge in [0.05, 0.1) is 23.4 Å². The molecule has 0 aliphatic heterocycles. The number of hydrogen-bond donors (Lipinski definition) is 1. The van der Waals surface area contributed by atoms with Gasteiger partial charge in [-0.05, 0) is 29.8 Å². The molecule has 0 aliphatic rings. The second kappa shape index (κ2) is 10.4. The summed E-state index contributed by atoms with van der Waals surface area (Å²) in [7, 11) is 1.63. The zero-order valence-electron chi connectivity index (χ0n) is 15.6. The van der Waals surface area contributed by atoms with Crippen molar-refractivity contribution < 1.29 is 19.0 Å². The highest BCUT2D eigenvalue weighted by Gasteiger charge is 2.12. The number of carbonyl (C=O) groups excluding carboxylic acids is 1. The molecule has 2 aromatic carbocycles. The van der Waals surface area contributed by atoms with Gasteiger partial charge in [0.1, 0.15) is 24.7 Å². The van der Waals surface area contributed by atoms with E-state index in [0.29, 0.717) is 37.7 Å². The predicted octanol–water partition coefficient (Wildman–Crippen LogP) is 3.68. The Hall–Kier alpha value is -2.90. The van der Waals surface area contributed by atoms with Gasteiger partial charge < -0.3 is 19.5 Å². The predicted molar refractivity (Wildman–Crippen MR) is 108 cm³/mol. The highest BCUT2D eigenvalue weighted by molar-refractivity contribution is 7.07. The van der Waals surface area contributed by atoms with Gasteiger partial charge in [0, 0.05) is 19.0 Å². The fourth-order valence-corrected chi connectivity index (χ4v) is 3.05. The fraction of sp³-hybridized carbons (Fsp3) is 0.238. The van der Waals surface area contributed by atoms with Crippen LogP contribution in [0.1, 0.15) is 21.6 Å². The number of hydrogen-bond acceptors (Lipinski definition) is 6. The summed E-state index contributed by atoms with van der Waals surface area (Å²) >= 11 is 1.51. The smallest absolute Gasteiger partial charge is 0.255 e. The van der Waals surface area contributed by atoms with Crippen LogP contribution in [0.3, 0.4) is 0 Å². The second-order valence-corrected chi connectivity index (χ2v) is 6.65. The van der Waals surface area contributed by atoms with Gasteiger partial charge in [-0.2, -0.15) is 0 Å². The number of aromatic nitrogens is 1. The van der Waals surface area contributed by atoms with Crippen LogP contribution in [0.5, 0.6) is 11.5 Å². The minimum Gasteiger partial charge on any atom is -0.491 e. The third-order valence-corrected chi connectivity index (χ3v) is 4.53. The SMILES string of the molecule is COCCOc1cccc(CNC(=O)c2ccccc2OCc2cscn2)c1. The number of amides is 1. The maximum Gasteiger partial charge on any atom is 0.255 e. The van der Waals surface area contributed by atoms with Gasteiger partial charge in [-0.1, -0.05) is 24.3 Å². The number of methoxy groups -OCH3 is 1. The van der Waals surface area contributed by atoms with Crippen molar-refractivity contribution in [2.45, 2.75) is 13.2 Å². The molecule has 28 heavy (non-hydrogen) atoms. The zero-order valence-corrected chi connectivity index (χ0v) is 16.4. The molecule has 0 fully saturated rings. The topological polar surface area (TPSA) is 69.7 Å². The van der Waals surface area contributed by atoms with Gasteiger partial charge >= 0.3 is 0 Å². The van der Waals surface area contributed by atoms with E-state index in [-0.39, 0.29) is 5.91 Å². The third kappa shape index (κ3) is 5.80. The summed E-state index contributed by atoms with van der Waals surface area (Å²) in [4.78, 5) is 16.8. The number of nitrogens with zero attached hydrogens (tertiary/aromatic N) is 1. The molecule has 146 valence electrons. The number of ether oxygens (including phenoxy) is 3. The molecule has 3 aromatic rings. The standard InChI is InChI=1S/C21H22N2O4S/c1-25-9-10-26-18-6-4-5-16(11-18)12-22-21(24)19-7-2-3-8-20(19)27-13-17-14-28-15-23-17/h2-8,11,14-15H,9-10,12-13H2,1H3,(H,22,24). The molecule has 1 N–H and O–H groups in total. The van der Waals surface area contributed by atoms with E-state index >= 15 is 0 Å². The van der Waals surface area contributed by atoms with Crippen molar-refractivity contribution in [1.82, 2.24) is 10.3 Å². The van der Waals surface area contributed by atoms with Gasteiger partial charge in [-0.3, -0.25) is 4.79 Å². The van der Waals surface area contributed by atoms with Crippen molar-refractivity contribution in [2.75, 3.05) is 20.3 Å². The van der Waals surface area contributed by atoms with Crippen LogP contribution in [0.15, 0.2) is 59.4 Å². The Morgan fingerprint density at radius 1 is 1.11 bits per heavy atom. The molecule has 1 heterocycles. The first-order chi connectivity index (χ1) is 13.8. The highest BCUT2D eigenvalue weighted by atomic mass is 32.1. The van der Waals surface area contributed by atoms with Crippen LogP contribution in [0.25, 0.3) is 0 Å². The van der Waals surface area contributed by atoms with E-state index < -0.39 is 0 Å². The average Bonchev–Trinajstić information content (AvgIpc) is 3.25.